The first-order chi connectivity index (χ1) is 6.57. The molecule has 0 aliphatic rings. The van der Waals surface area contributed by atoms with Gasteiger partial charge in [-0.05, 0) is 18.6 Å². The zero-order valence-corrected chi connectivity index (χ0v) is 9.21. The Kier molecular flexibility index (Phi) is 3.63. The Bertz CT molecular complexity index is 332. The summed E-state index contributed by atoms with van der Waals surface area (Å²) in [5, 5.41) is 8.89. The molecule has 14 heavy (non-hydrogen) atoms. The van der Waals surface area contributed by atoms with Crippen molar-refractivity contribution in [3.8, 4) is 0 Å². The van der Waals surface area contributed by atoms with E-state index in [0.717, 1.165) is 0 Å². The van der Waals surface area contributed by atoms with Crippen LogP contribution in [0.4, 0.5) is 4.39 Å². The summed E-state index contributed by atoms with van der Waals surface area (Å²) in [7, 11) is 0. The summed E-state index contributed by atoms with van der Waals surface area (Å²) in [5.74, 6) is -2.27. The minimum atomic E-state index is -1.00. The van der Waals surface area contributed by atoms with Gasteiger partial charge in [0.25, 0.3) is 0 Å². The number of benzene rings is 1. The van der Waals surface area contributed by atoms with Crippen molar-refractivity contribution in [1.29, 1.82) is 0 Å². The predicted octanol–water partition coefficient (Wildman–Crippen LogP) is 3.17. The highest BCUT2D eigenvalue weighted by Crippen LogP contribution is 2.29. The number of halogens is 2. The van der Waals surface area contributed by atoms with Crippen molar-refractivity contribution < 1.29 is 14.3 Å². The van der Waals surface area contributed by atoms with Gasteiger partial charge in [-0.25, -0.2) is 4.39 Å². The van der Waals surface area contributed by atoms with Crippen LogP contribution in [0.2, 0.25) is 0 Å². The first-order valence-corrected chi connectivity index (χ1v) is 5.04. The van der Waals surface area contributed by atoms with E-state index >= 15 is 0 Å². The third-order valence-corrected chi connectivity index (χ3v) is 2.75. The fraction of sp³-hybridized carbons (Fsp3) is 0.300. The first kappa shape index (κ1) is 11.2. The monoisotopic (exact) mass is 260 g/mol. The first-order valence-electron chi connectivity index (χ1n) is 4.24. The van der Waals surface area contributed by atoms with Gasteiger partial charge in [0.1, 0.15) is 5.82 Å². The Balaban J connectivity index is 3.22. The van der Waals surface area contributed by atoms with E-state index < -0.39 is 17.7 Å². The lowest BCUT2D eigenvalue weighted by molar-refractivity contribution is -0.138. The van der Waals surface area contributed by atoms with E-state index in [0.29, 0.717) is 10.9 Å². The summed E-state index contributed by atoms with van der Waals surface area (Å²) in [5.41, 5.74) is 0.225. The third kappa shape index (κ3) is 2.12. The van der Waals surface area contributed by atoms with Crippen LogP contribution in [0.5, 0.6) is 0 Å². The van der Waals surface area contributed by atoms with Crippen molar-refractivity contribution in [2.24, 2.45) is 0 Å². The van der Waals surface area contributed by atoms with E-state index in [4.69, 9.17) is 5.11 Å². The summed E-state index contributed by atoms with van der Waals surface area (Å²) in [4.78, 5) is 10.8. The molecule has 0 saturated carbocycles. The molecule has 0 radical (unpaired) electrons. The molecular formula is C10H10BrFO2. The minimum Gasteiger partial charge on any atom is -0.481 e. The van der Waals surface area contributed by atoms with Crippen molar-refractivity contribution in [2.75, 3.05) is 0 Å². The minimum absolute atomic E-state index is 0.225. The molecule has 1 atom stereocenters. The highest BCUT2D eigenvalue weighted by atomic mass is 79.9. The standard InChI is InChI=1S/C10H10BrFO2/c1-2-6(10(13)14)9-7(11)4-3-5-8(9)12/h3-6H,2H2,1H3,(H,13,14). The van der Waals surface area contributed by atoms with Crippen molar-refractivity contribution >= 4 is 21.9 Å². The SMILES string of the molecule is CCC(C(=O)O)c1c(F)cccc1Br. The van der Waals surface area contributed by atoms with Gasteiger partial charge in [-0.3, -0.25) is 4.79 Å². The zero-order chi connectivity index (χ0) is 10.7. The molecule has 0 saturated heterocycles. The van der Waals surface area contributed by atoms with Crippen LogP contribution in [0.15, 0.2) is 22.7 Å². The molecule has 0 aliphatic carbocycles. The average Bonchev–Trinajstić information content (AvgIpc) is 2.10. The van der Waals surface area contributed by atoms with E-state index in [9.17, 15) is 9.18 Å². The molecule has 0 aromatic heterocycles. The van der Waals surface area contributed by atoms with Crippen LogP contribution in [0.3, 0.4) is 0 Å². The summed E-state index contributed by atoms with van der Waals surface area (Å²) < 4.78 is 13.9. The summed E-state index contributed by atoms with van der Waals surface area (Å²) in [6.07, 6.45) is 0.370. The van der Waals surface area contributed by atoms with Crippen LogP contribution in [-0.4, -0.2) is 11.1 Å². The Labute approximate surface area is 89.9 Å². The van der Waals surface area contributed by atoms with Gasteiger partial charge in [0.2, 0.25) is 0 Å². The van der Waals surface area contributed by atoms with E-state index in [1.807, 2.05) is 0 Å². The second-order valence-corrected chi connectivity index (χ2v) is 3.79. The van der Waals surface area contributed by atoms with E-state index in [-0.39, 0.29) is 5.56 Å². The number of aliphatic carboxylic acids is 1. The molecule has 0 bridgehead atoms. The number of carboxylic acids is 1. The van der Waals surface area contributed by atoms with Crippen molar-refractivity contribution in [3.05, 3.63) is 34.1 Å². The maximum absolute atomic E-state index is 13.4. The van der Waals surface area contributed by atoms with Gasteiger partial charge >= 0.3 is 5.97 Å². The lowest BCUT2D eigenvalue weighted by Crippen LogP contribution is -2.12. The fourth-order valence-electron chi connectivity index (χ4n) is 1.35. The molecule has 1 N–H and O–H groups in total. The Morgan fingerprint density at radius 2 is 2.29 bits per heavy atom. The molecule has 2 nitrogen and oxygen atoms in total. The molecule has 0 heterocycles. The lowest BCUT2D eigenvalue weighted by Gasteiger charge is -2.12. The van der Waals surface area contributed by atoms with Gasteiger partial charge in [0.15, 0.2) is 0 Å². The largest absolute Gasteiger partial charge is 0.481 e. The van der Waals surface area contributed by atoms with Crippen LogP contribution in [0.25, 0.3) is 0 Å². The fourth-order valence-corrected chi connectivity index (χ4v) is 1.96. The Morgan fingerprint density at radius 3 is 2.71 bits per heavy atom. The number of hydrogen-bond acceptors (Lipinski definition) is 1. The molecule has 0 spiro atoms. The van der Waals surface area contributed by atoms with E-state index in [1.165, 1.54) is 12.1 Å². The quantitative estimate of drug-likeness (QED) is 0.907. The molecule has 0 aliphatic heterocycles. The lowest BCUT2D eigenvalue weighted by atomic mass is 9.96. The Hall–Kier alpha value is -0.900. The maximum Gasteiger partial charge on any atom is 0.311 e. The van der Waals surface area contributed by atoms with E-state index in [2.05, 4.69) is 15.9 Å². The second kappa shape index (κ2) is 4.55. The zero-order valence-electron chi connectivity index (χ0n) is 7.63. The third-order valence-electron chi connectivity index (χ3n) is 2.05. The summed E-state index contributed by atoms with van der Waals surface area (Å²) in [6.45, 7) is 1.72. The normalized spacial score (nSPS) is 12.5. The number of rotatable bonds is 3. The average molecular weight is 261 g/mol. The van der Waals surface area contributed by atoms with Gasteiger partial charge in [-0.1, -0.05) is 28.9 Å². The van der Waals surface area contributed by atoms with Crippen molar-refractivity contribution in [3.63, 3.8) is 0 Å². The Morgan fingerprint density at radius 1 is 1.64 bits per heavy atom. The van der Waals surface area contributed by atoms with Gasteiger partial charge in [-0.15, -0.1) is 0 Å². The smallest absolute Gasteiger partial charge is 0.311 e. The van der Waals surface area contributed by atoms with Crippen molar-refractivity contribution in [1.82, 2.24) is 0 Å². The number of carboxylic acid groups (broad SMARTS) is 1. The molecular weight excluding hydrogens is 251 g/mol. The highest BCUT2D eigenvalue weighted by Gasteiger charge is 2.23. The number of hydrogen-bond donors (Lipinski definition) is 1. The van der Waals surface area contributed by atoms with Crippen LogP contribution < -0.4 is 0 Å². The summed E-state index contributed by atoms with van der Waals surface area (Å²) in [6, 6.07) is 4.45. The van der Waals surface area contributed by atoms with Gasteiger partial charge < -0.3 is 5.11 Å². The second-order valence-electron chi connectivity index (χ2n) is 2.93. The molecule has 1 unspecified atom stereocenters. The maximum atomic E-state index is 13.4. The van der Waals surface area contributed by atoms with Gasteiger partial charge in [0.05, 0.1) is 5.92 Å². The molecule has 1 rings (SSSR count). The van der Waals surface area contributed by atoms with Crippen molar-refractivity contribution in [2.45, 2.75) is 19.3 Å². The molecule has 4 heteroatoms. The van der Waals surface area contributed by atoms with Crippen LogP contribution >= 0.6 is 15.9 Å². The molecule has 76 valence electrons. The van der Waals surface area contributed by atoms with Gasteiger partial charge in [-0.2, -0.15) is 0 Å². The van der Waals surface area contributed by atoms with Crippen LogP contribution in [-0.2, 0) is 4.79 Å². The van der Waals surface area contributed by atoms with Crippen LogP contribution in [0.1, 0.15) is 24.8 Å². The molecule has 0 fully saturated rings. The number of carbonyl (C=O) groups is 1. The molecule has 1 aromatic rings. The topological polar surface area (TPSA) is 37.3 Å². The predicted molar refractivity (Wildman–Crippen MR) is 54.8 cm³/mol. The molecule has 1 aromatic carbocycles. The van der Waals surface area contributed by atoms with Gasteiger partial charge in [0, 0.05) is 10.0 Å². The highest BCUT2D eigenvalue weighted by molar-refractivity contribution is 9.10. The summed E-state index contributed by atoms with van der Waals surface area (Å²) >= 11 is 3.15. The van der Waals surface area contributed by atoms with E-state index in [1.54, 1.807) is 13.0 Å². The molecule has 0 amide bonds. The van der Waals surface area contributed by atoms with Crippen LogP contribution in [0, 0.1) is 5.82 Å².